The number of esters is 1. The number of rotatable bonds is 6. The zero-order chi connectivity index (χ0) is 16.8. The fraction of sp³-hybridized carbons (Fsp3) is 0.500. The lowest BCUT2D eigenvalue weighted by Crippen LogP contribution is -2.47. The minimum Gasteiger partial charge on any atom is -0.508 e. The Kier molecular flexibility index (Phi) is 6.37. The van der Waals surface area contributed by atoms with Crippen LogP contribution in [0.5, 0.6) is 5.75 Å². The van der Waals surface area contributed by atoms with Crippen LogP contribution in [0.3, 0.4) is 0 Å². The third-order valence-electron chi connectivity index (χ3n) is 2.74. The number of likely N-dealkylation sites (N-methyl/N-ethyl adjacent to an activating group) is 1. The van der Waals surface area contributed by atoms with Crippen LogP contribution >= 0.6 is 0 Å². The van der Waals surface area contributed by atoms with Crippen molar-refractivity contribution in [1.82, 2.24) is 10.6 Å². The van der Waals surface area contributed by atoms with Crippen LogP contribution in [-0.2, 0) is 20.7 Å². The number of carbonyl (C=O) groups excluding carboxylic acids is 2. The van der Waals surface area contributed by atoms with Gasteiger partial charge in [0.15, 0.2) is 0 Å². The predicted octanol–water partition coefficient (Wildman–Crippen LogP) is 0.981. The van der Waals surface area contributed by atoms with Crippen molar-refractivity contribution in [2.24, 2.45) is 0 Å². The largest absolute Gasteiger partial charge is 0.508 e. The molecule has 122 valence electrons. The summed E-state index contributed by atoms with van der Waals surface area (Å²) in [5.74, 6) is -0.612. The van der Waals surface area contributed by atoms with Crippen LogP contribution in [0.4, 0.5) is 0 Å². The summed E-state index contributed by atoms with van der Waals surface area (Å²) >= 11 is 0. The normalized spacial score (nSPS) is 12.5. The molecule has 0 spiro atoms. The molecule has 0 saturated carbocycles. The summed E-state index contributed by atoms with van der Waals surface area (Å²) in [6.07, 6.45) is 0.296. The van der Waals surface area contributed by atoms with Gasteiger partial charge in [0.25, 0.3) is 0 Å². The van der Waals surface area contributed by atoms with Crippen molar-refractivity contribution in [3.05, 3.63) is 29.8 Å². The third kappa shape index (κ3) is 6.58. The maximum atomic E-state index is 12.3. The van der Waals surface area contributed by atoms with Gasteiger partial charge in [0.2, 0.25) is 5.91 Å². The van der Waals surface area contributed by atoms with Gasteiger partial charge >= 0.3 is 5.97 Å². The van der Waals surface area contributed by atoms with Crippen LogP contribution < -0.4 is 10.6 Å². The van der Waals surface area contributed by atoms with Gasteiger partial charge in [-0.3, -0.25) is 4.79 Å². The smallest absolute Gasteiger partial charge is 0.329 e. The molecular weight excluding hydrogens is 284 g/mol. The van der Waals surface area contributed by atoms with Crippen molar-refractivity contribution in [3.63, 3.8) is 0 Å². The van der Waals surface area contributed by atoms with Crippen LogP contribution in [0.1, 0.15) is 26.3 Å². The Bertz CT molecular complexity index is 506. The van der Waals surface area contributed by atoms with Crippen LogP contribution in [0.15, 0.2) is 24.3 Å². The van der Waals surface area contributed by atoms with E-state index in [2.05, 4.69) is 10.6 Å². The number of hydrogen-bond donors (Lipinski definition) is 3. The van der Waals surface area contributed by atoms with Crippen molar-refractivity contribution in [3.8, 4) is 5.75 Å². The van der Waals surface area contributed by atoms with Gasteiger partial charge in [0, 0.05) is 6.42 Å². The molecule has 6 nitrogen and oxygen atoms in total. The number of hydrogen-bond acceptors (Lipinski definition) is 5. The predicted molar refractivity (Wildman–Crippen MR) is 83.5 cm³/mol. The zero-order valence-electron chi connectivity index (χ0n) is 13.5. The van der Waals surface area contributed by atoms with E-state index in [0.29, 0.717) is 6.42 Å². The lowest BCUT2D eigenvalue weighted by molar-refractivity contribution is -0.158. The lowest BCUT2D eigenvalue weighted by Gasteiger charge is -2.24. The number of amides is 1. The second kappa shape index (κ2) is 7.79. The van der Waals surface area contributed by atoms with Crippen molar-refractivity contribution in [1.29, 1.82) is 0 Å². The van der Waals surface area contributed by atoms with Gasteiger partial charge in [0.1, 0.15) is 17.4 Å². The Balaban J connectivity index is 2.83. The first-order valence-electron chi connectivity index (χ1n) is 7.16. The van der Waals surface area contributed by atoms with E-state index in [-0.39, 0.29) is 18.2 Å². The van der Waals surface area contributed by atoms with Crippen LogP contribution in [0, 0.1) is 0 Å². The van der Waals surface area contributed by atoms with Gasteiger partial charge in [-0.05, 0) is 45.5 Å². The molecule has 22 heavy (non-hydrogen) atoms. The molecule has 1 rings (SSSR count). The molecule has 6 heteroatoms. The molecule has 0 radical (unpaired) electrons. The van der Waals surface area contributed by atoms with E-state index in [1.54, 1.807) is 40.0 Å². The summed E-state index contributed by atoms with van der Waals surface area (Å²) < 4.78 is 5.35. The summed E-state index contributed by atoms with van der Waals surface area (Å²) in [7, 11) is 1.65. The molecule has 0 heterocycles. The monoisotopic (exact) mass is 308 g/mol. The van der Waals surface area contributed by atoms with E-state index in [1.807, 2.05) is 0 Å². The first-order chi connectivity index (χ1) is 10.2. The summed E-state index contributed by atoms with van der Waals surface area (Å²) in [6.45, 7) is 5.45. The molecule has 1 aromatic rings. The van der Waals surface area contributed by atoms with Crippen molar-refractivity contribution in [2.45, 2.75) is 38.8 Å². The summed E-state index contributed by atoms with van der Waals surface area (Å²) in [5, 5.41) is 14.7. The van der Waals surface area contributed by atoms with E-state index in [4.69, 9.17) is 4.74 Å². The van der Waals surface area contributed by atoms with E-state index in [0.717, 1.165) is 5.56 Å². The van der Waals surface area contributed by atoms with E-state index in [1.165, 1.54) is 12.1 Å². The van der Waals surface area contributed by atoms with Crippen molar-refractivity contribution >= 4 is 11.9 Å². The Morgan fingerprint density at radius 1 is 1.23 bits per heavy atom. The van der Waals surface area contributed by atoms with Gasteiger partial charge in [-0.15, -0.1) is 0 Å². The fourth-order valence-corrected chi connectivity index (χ4v) is 1.84. The molecule has 0 saturated heterocycles. The second-order valence-corrected chi connectivity index (χ2v) is 6.05. The highest BCUT2D eigenvalue weighted by molar-refractivity contribution is 5.85. The molecule has 0 bridgehead atoms. The average Bonchev–Trinajstić information content (AvgIpc) is 2.39. The number of phenolic OH excluding ortho intramolecular Hbond substituents is 1. The summed E-state index contributed by atoms with van der Waals surface area (Å²) in [4.78, 5) is 24.0. The Hall–Kier alpha value is -2.08. The Morgan fingerprint density at radius 3 is 2.32 bits per heavy atom. The first-order valence-corrected chi connectivity index (χ1v) is 7.16. The number of ether oxygens (including phenoxy) is 1. The molecule has 0 fully saturated rings. The topological polar surface area (TPSA) is 87.7 Å². The highest BCUT2D eigenvalue weighted by Gasteiger charge is 2.26. The Labute approximate surface area is 130 Å². The van der Waals surface area contributed by atoms with E-state index >= 15 is 0 Å². The maximum absolute atomic E-state index is 12.3. The number of phenols is 1. The van der Waals surface area contributed by atoms with Crippen molar-refractivity contribution < 1.29 is 19.4 Å². The molecule has 0 unspecified atom stereocenters. The van der Waals surface area contributed by atoms with Crippen LogP contribution in [0.25, 0.3) is 0 Å². The Morgan fingerprint density at radius 2 is 1.82 bits per heavy atom. The highest BCUT2D eigenvalue weighted by Crippen LogP contribution is 2.14. The molecule has 1 amide bonds. The zero-order valence-corrected chi connectivity index (χ0v) is 13.5. The third-order valence-corrected chi connectivity index (χ3v) is 2.74. The molecule has 3 N–H and O–H groups in total. The lowest BCUT2D eigenvalue weighted by atomic mass is 10.1. The SMILES string of the molecule is CNCC(=O)N[C@@H](Cc1ccc(O)cc1)C(=O)OC(C)(C)C. The maximum Gasteiger partial charge on any atom is 0.329 e. The van der Waals surface area contributed by atoms with E-state index in [9.17, 15) is 14.7 Å². The number of carbonyl (C=O) groups is 2. The minimum absolute atomic E-state index is 0.120. The summed E-state index contributed by atoms with van der Waals surface area (Å²) in [6, 6.07) is 5.71. The van der Waals surface area contributed by atoms with Crippen molar-refractivity contribution in [2.75, 3.05) is 13.6 Å². The minimum atomic E-state index is -0.774. The fourth-order valence-electron chi connectivity index (χ4n) is 1.84. The van der Waals surface area contributed by atoms with Gasteiger partial charge in [-0.2, -0.15) is 0 Å². The number of nitrogens with one attached hydrogen (secondary N) is 2. The summed E-state index contributed by atoms with van der Waals surface area (Å²) in [5.41, 5.74) is 0.191. The van der Waals surface area contributed by atoms with Gasteiger partial charge < -0.3 is 20.5 Å². The second-order valence-electron chi connectivity index (χ2n) is 6.05. The molecule has 1 aromatic carbocycles. The first kappa shape index (κ1) is 18.0. The molecular formula is C16H24N2O4. The quantitative estimate of drug-likeness (QED) is 0.682. The standard InChI is InChI=1S/C16H24N2O4/c1-16(2,3)22-15(21)13(18-14(20)10-17-4)9-11-5-7-12(19)8-6-11/h5-8,13,17,19H,9-10H2,1-4H3,(H,18,20)/t13-/m0/s1. The molecule has 0 aromatic heterocycles. The molecule has 0 aliphatic heterocycles. The highest BCUT2D eigenvalue weighted by atomic mass is 16.6. The van der Waals surface area contributed by atoms with Crippen LogP contribution in [-0.4, -0.2) is 42.2 Å². The number of benzene rings is 1. The van der Waals surface area contributed by atoms with Gasteiger partial charge in [-0.25, -0.2) is 4.79 Å². The average molecular weight is 308 g/mol. The van der Waals surface area contributed by atoms with E-state index < -0.39 is 17.6 Å². The molecule has 1 atom stereocenters. The molecule has 0 aliphatic carbocycles. The van der Waals surface area contributed by atoms with Gasteiger partial charge in [-0.1, -0.05) is 12.1 Å². The van der Waals surface area contributed by atoms with Gasteiger partial charge in [0.05, 0.1) is 6.54 Å². The number of aromatic hydroxyl groups is 1. The van der Waals surface area contributed by atoms with Crippen LogP contribution in [0.2, 0.25) is 0 Å². The molecule has 0 aliphatic rings.